The average Bonchev–Trinajstić information content (AvgIpc) is 3.45. The molecule has 1 unspecified atom stereocenters. The van der Waals surface area contributed by atoms with Gasteiger partial charge >= 0.3 is 6.18 Å². The number of nitrogens with one attached hydrogen (secondary N) is 2. The van der Waals surface area contributed by atoms with E-state index in [-0.39, 0.29) is 38.5 Å². The first-order valence-electron chi connectivity index (χ1n) is 10.1. The number of fused-ring (bicyclic) bond motifs is 1. The van der Waals surface area contributed by atoms with Crippen LogP contribution < -0.4 is 10.6 Å². The van der Waals surface area contributed by atoms with Crippen LogP contribution in [0.1, 0.15) is 35.0 Å². The topological polar surface area (TPSA) is 92.7 Å². The lowest BCUT2D eigenvalue weighted by molar-refractivity contribution is -0.275. The second kappa shape index (κ2) is 9.29. The number of likely N-dealkylation sites (N-methyl/N-ethyl adjacent to an activating group) is 1. The van der Waals surface area contributed by atoms with Gasteiger partial charge in [0.05, 0.1) is 22.4 Å². The normalized spacial score (nSPS) is 18.7. The van der Waals surface area contributed by atoms with E-state index in [0.717, 1.165) is 12.1 Å². The third-order valence-electron chi connectivity index (χ3n) is 5.51. The van der Waals surface area contributed by atoms with Crippen LogP contribution in [0, 0.1) is 0 Å². The van der Waals surface area contributed by atoms with Gasteiger partial charge in [-0.15, -0.1) is 11.3 Å². The fraction of sp³-hybridized carbons (Fsp3) is 0.273. The van der Waals surface area contributed by atoms with Crippen LogP contribution in [-0.2, 0) is 15.2 Å². The van der Waals surface area contributed by atoms with Crippen molar-refractivity contribution in [2.45, 2.75) is 31.2 Å². The highest BCUT2D eigenvalue weighted by Crippen LogP contribution is 2.50. The summed E-state index contributed by atoms with van der Waals surface area (Å²) in [6.45, 7) is 1.52. The number of thiophene rings is 1. The van der Waals surface area contributed by atoms with Crippen molar-refractivity contribution >= 4 is 62.2 Å². The van der Waals surface area contributed by atoms with Gasteiger partial charge in [-0.1, -0.05) is 28.4 Å². The minimum absolute atomic E-state index is 0.0212. The smallest absolute Gasteiger partial charge is 0.374 e. The minimum atomic E-state index is -4.85. The number of aromatic nitrogens is 1. The Hall–Kier alpha value is -2.89. The first-order chi connectivity index (χ1) is 16.5. The molecule has 7 nitrogen and oxygen atoms in total. The number of hydrogen-bond acceptors (Lipinski definition) is 6. The molecule has 0 saturated carbocycles. The molecule has 0 spiro atoms. The first kappa shape index (κ1) is 25.2. The van der Waals surface area contributed by atoms with E-state index in [2.05, 4.69) is 20.8 Å². The van der Waals surface area contributed by atoms with Crippen LogP contribution in [0.25, 0.3) is 10.1 Å². The molecule has 13 heteroatoms. The lowest BCUT2D eigenvalue weighted by atomic mass is 9.87. The molecule has 184 valence electrons. The van der Waals surface area contributed by atoms with Crippen molar-refractivity contribution in [1.29, 1.82) is 0 Å². The largest absolute Gasteiger partial charge is 0.435 e. The Labute approximate surface area is 211 Å². The Bertz CT molecular complexity index is 1340. The van der Waals surface area contributed by atoms with E-state index >= 15 is 0 Å². The molecule has 2 amide bonds. The van der Waals surface area contributed by atoms with E-state index in [1.54, 1.807) is 11.4 Å². The summed E-state index contributed by atoms with van der Waals surface area (Å²) < 4.78 is 43.4. The quantitative estimate of drug-likeness (QED) is 0.470. The van der Waals surface area contributed by atoms with Crippen molar-refractivity contribution in [3.05, 3.63) is 62.7 Å². The van der Waals surface area contributed by atoms with Crippen molar-refractivity contribution in [2.24, 2.45) is 5.16 Å². The molecule has 1 aliphatic rings. The minimum Gasteiger partial charge on any atom is -0.374 e. The summed E-state index contributed by atoms with van der Waals surface area (Å²) in [6.07, 6.45) is -4.29. The van der Waals surface area contributed by atoms with E-state index in [4.69, 9.17) is 28.0 Å². The molecule has 4 rings (SSSR count). The summed E-state index contributed by atoms with van der Waals surface area (Å²) in [4.78, 5) is 33.8. The summed E-state index contributed by atoms with van der Waals surface area (Å²) in [5.41, 5.74) is -2.82. The number of alkyl halides is 3. The van der Waals surface area contributed by atoms with Crippen LogP contribution in [0.2, 0.25) is 10.0 Å². The molecule has 0 bridgehead atoms. The number of halogens is 5. The molecule has 2 aromatic heterocycles. The van der Waals surface area contributed by atoms with Crippen LogP contribution in [0.4, 0.5) is 13.2 Å². The lowest BCUT2D eigenvalue weighted by Gasteiger charge is -2.29. The van der Waals surface area contributed by atoms with Crippen molar-refractivity contribution < 1.29 is 27.6 Å². The Morgan fingerprint density at radius 1 is 1.23 bits per heavy atom. The number of oxime groups is 1. The number of pyridine rings is 1. The maximum absolute atomic E-state index is 14.3. The highest BCUT2D eigenvalue weighted by molar-refractivity contribution is 7.17. The van der Waals surface area contributed by atoms with Gasteiger partial charge in [0.2, 0.25) is 5.91 Å². The predicted molar refractivity (Wildman–Crippen MR) is 127 cm³/mol. The molecule has 2 atom stereocenters. The second-order valence-electron chi connectivity index (χ2n) is 7.78. The SMILES string of the molecule is CNC(=O)[C@@H](C)NC(=O)c1cnc(C2=NOC(c3cc(Cl)cc(Cl)c3)(C(F)(F)F)C2)c2ccsc12. The monoisotopic (exact) mass is 544 g/mol. The Morgan fingerprint density at radius 3 is 2.54 bits per heavy atom. The summed E-state index contributed by atoms with van der Waals surface area (Å²) in [7, 11) is 1.45. The maximum Gasteiger partial charge on any atom is 0.435 e. The van der Waals surface area contributed by atoms with E-state index in [1.807, 2.05) is 0 Å². The number of benzene rings is 1. The summed E-state index contributed by atoms with van der Waals surface area (Å²) in [5.74, 6) is -0.928. The standard InChI is InChI=1S/C22H17Cl2F3N4O3S/c1-10(19(32)28-2)30-20(33)15-9-29-17(14-3-4-35-18(14)15)16-8-21(34-31-16,22(25,26)27)11-5-12(23)7-13(24)6-11/h3-7,9-10H,8H2,1-2H3,(H,28,32)(H,30,33)/t10-,21?/m1/s1. The average molecular weight is 545 g/mol. The van der Waals surface area contributed by atoms with Gasteiger partial charge in [0.15, 0.2) is 0 Å². The molecule has 1 aromatic carbocycles. The molecule has 1 aliphatic heterocycles. The van der Waals surface area contributed by atoms with Crippen molar-refractivity contribution in [1.82, 2.24) is 15.6 Å². The molecule has 2 N–H and O–H groups in total. The number of nitrogens with zero attached hydrogens (tertiary/aromatic N) is 2. The summed E-state index contributed by atoms with van der Waals surface area (Å²) in [5, 5.41) is 10.9. The fourth-order valence-electron chi connectivity index (χ4n) is 3.73. The van der Waals surface area contributed by atoms with Gasteiger partial charge < -0.3 is 15.5 Å². The Balaban J connectivity index is 1.71. The van der Waals surface area contributed by atoms with E-state index < -0.39 is 30.1 Å². The van der Waals surface area contributed by atoms with Gasteiger partial charge in [-0.05, 0) is 36.6 Å². The number of carbonyl (C=O) groups is 2. The Morgan fingerprint density at radius 2 is 1.91 bits per heavy atom. The molecule has 0 fully saturated rings. The number of hydrogen-bond donors (Lipinski definition) is 2. The second-order valence-corrected chi connectivity index (χ2v) is 9.57. The van der Waals surface area contributed by atoms with Gasteiger partial charge in [-0.3, -0.25) is 14.6 Å². The summed E-state index contributed by atoms with van der Waals surface area (Å²) >= 11 is 13.1. The van der Waals surface area contributed by atoms with E-state index in [1.165, 1.54) is 37.6 Å². The van der Waals surface area contributed by atoms with Gasteiger partial charge in [0, 0.05) is 34.2 Å². The van der Waals surface area contributed by atoms with E-state index in [9.17, 15) is 22.8 Å². The number of rotatable bonds is 5. The molecule has 3 heterocycles. The molecule has 0 aliphatic carbocycles. The zero-order valence-electron chi connectivity index (χ0n) is 18.2. The summed E-state index contributed by atoms with van der Waals surface area (Å²) in [6, 6.07) is 4.42. The molecule has 3 aromatic rings. The van der Waals surface area contributed by atoms with Crippen LogP contribution in [0.3, 0.4) is 0 Å². The fourth-order valence-corrected chi connectivity index (χ4v) is 5.16. The first-order valence-corrected chi connectivity index (χ1v) is 11.8. The van der Waals surface area contributed by atoms with Crippen LogP contribution in [0.5, 0.6) is 0 Å². The zero-order valence-corrected chi connectivity index (χ0v) is 20.5. The number of amides is 2. The van der Waals surface area contributed by atoms with Gasteiger partial charge in [-0.2, -0.15) is 13.2 Å². The molecular weight excluding hydrogens is 528 g/mol. The molecular formula is C22H17Cl2F3N4O3S. The molecule has 0 saturated heterocycles. The van der Waals surface area contributed by atoms with Crippen molar-refractivity contribution in [3.63, 3.8) is 0 Å². The number of carbonyl (C=O) groups excluding carboxylic acids is 2. The predicted octanol–water partition coefficient (Wildman–Crippen LogP) is 5.05. The van der Waals surface area contributed by atoms with Crippen LogP contribution in [-0.4, -0.2) is 41.8 Å². The van der Waals surface area contributed by atoms with Crippen molar-refractivity contribution in [2.75, 3.05) is 7.05 Å². The van der Waals surface area contributed by atoms with Gasteiger partial charge in [-0.25, -0.2) is 0 Å². The molecule has 0 radical (unpaired) electrons. The lowest BCUT2D eigenvalue weighted by Crippen LogP contribution is -2.43. The molecule has 35 heavy (non-hydrogen) atoms. The Kier molecular flexibility index (Phi) is 6.69. The van der Waals surface area contributed by atoms with E-state index in [0.29, 0.717) is 10.1 Å². The van der Waals surface area contributed by atoms with Gasteiger partial charge in [0.25, 0.3) is 11.5 Å². The van der Waals surface area contributed by atoms with Crippen LogP contribution >= 0.6 is 34.5 Å². The zero-order chi connectivity index (χ0) is 25.5. The highest BCUT2D eigenvalue weighted by atomic mass is 35.5. The maximum atomic E-state index is 14.3. The highest BCUT2D eigenvalue weighted by Gasteiger charge is 2.62. The third-order valence-corrected chi connectivity index (χ3v) is 6.89. The van der Waals surface area contributed by atoms with Crippen LogP contribution in [0.15, 0.2) is 41.0 Å². The third kappa shape index (κ3) is 4.55. The van der Waals surface area contributed by atoms with Gasteiger partial charge in [0.1, 0.15) is 11.8 Å². The van der Waals surface area contributed by atoms with Crippen molar-refractivity contribution in [3.8, 4) is 0 Å².